The molecule has 0 heterocycles. The van der Waals surface area contributed by atoms with E-state index in [0.29, 0.717) is 17.8 Å². The van der Waals surface area contributed by atoms with Crippen molar-refractivity contribution in [3.05, 3.63) is 53.6 Å². The predicted molar refractivity (Wildman–Crippen MR) is 114 cm³/mol. The van der Waals surface area contributed by atoms with Gasteiger partial charge in [0, 0.05) is 4.90 Å². The molecule has 2 aromatic rings. The van der Waals surface area contributed by atoms with Gasteiger partial charge in [-0.15, -0.1) is 11.8 Å². The molecule has 0 saturated heterocycles. The number of nitrogens with zero attached hydrogens (tertiary/aromatic N) is 1. The number of anilines is 2. The maximum absolute atomic E-state index is 13.0. The van der Waals surface area contributed by atoms with Crippen molar-refractivity contribution in [3.63, 3.8) is 0 Å². The number of rotatable bonds is 7. The Hall–Kier alpha value is -1.99. The van der Waals surface area contributed by atoms with Gasteiger partial charge in [0.2, 0.25) is 15.9 Å². The molecule has 1 amide bonds. The molecule has 0 aliphatic heterocycles. The Morgan fingerprint density at radius 3 is 2.26 bits per heavy atom. The van der Waals surface area contributed by atoms with Crippen molar-refractivity contribution >= 4 is 39.1 Å². The van der Waals surface area contributed by atoms with Gasteiger partial charge < -0.3 is 5.32 Å². The first-order valence-electron chi connectivity index (χ1n) is 8.69. The monoisotopic (exact) mass is 406 g/mol. The van der Waals surface area contributed by atoms with Crippen molar-refractivity contribution in [3.8, 4) is 0 Å². The molecule has 0 radical (unpaired) electrons. The maximum atomic E-state index is 13.0. The largest absolute Gasteiger partial charge is 0.323 e. The summed E-state index contributed by atoms with van der Waals surface area (Å²) in [6, 6.07) is 12.2. The van der Waals surface area contributed by atoms with Gasteiger partial charge in [0.25, 0.3) is 0 Å². The van der Waals surface area contributed by atoms with Crippen molar-refractivity contribution in [2.45, 2.75) is 38.1 Å². The van der Waals surface area contributed by atoms with Gasteiger partial charge in [0.1, 0.15) is 6.04 Å². The summed E-state index contributed by atoms with van der Waals surface area (Å²) in [5, 5.41) is 2.90. The summed E-state index contributed by atoms with van der Waals surface area (Å²) < 4.78 is 26.4. The minimum absolute atomic E-state index is 0.344. The predicted octanol–water partition coefficient (Wildman–Crippen LogP) is 4.21. The van der Waals surface area contributed by atoms with Crippen molar-refractivity contribution in [2.75, 3.05) is 22.1 Å². The van der Waals surface area contributed by atoms with Crippen molar-refractivity contribution in [2.24, 2.45) is 0 Å². The Bertz CT molecular complexity index is 906. The third-order valence-corrected chi connectivity index (χ3v) is 6.13. The van der Waals surface area contributed by atoms with Crippen LogP contribution >= 0.6 is 11.8 Å². The summed E-state index contributed by atoms with van der Waals surface area (Å²) in [6.45, 7) is 5.63. The number of para-hydroxylation sites is 1. The fourth-order valence-electron chi connectivity index (χ4n) is 3.10. The van der Waals surface area contributed by atoms with E-state index in [9.17, 15) is 13.2 Å². The van der Waals surface area contributed by atoms with Gasteiger partial charge in [0.05, 0.1) is 17.6 Å². The van der Waals surface area contributed by atoms with E-state index in [2.05, 4.69) is 5.32 Å². The van der Waals surface area contributed by atoms with Crippen molar-refractivity contribution in [1.82, 2.24) is 0 Å². The molecule has 0 spiro atoms. The van der Waals surface area contributed by atoms with Gasteiger partial charge in [0.15, 0.2) is 0 Å². The number of carbonyl (C=O) groups excluding carboxylic acids is 1. The second kappa shape index (κ2) is 8.80. The number of thioether (sulfide) groups is 1. The lowest BCUT2D eigenvalue weighted by Crippen LogP contribution is -2.47. The van der Waals surface area contributed by atoms with Crippen LogP contribution in [0, 0.1) is 13.8 Å². The molecule has 0 aliphatic rings. The smallest absolute Gasteiger partial charge is 0.248 e. The SMILES string of the molecule is CC[C@@H](C(=O)Nc1ccccc1SC)N(c1cc(C)cc(C)c1)S(C)(=O)=O. The first-order valence-corrected chi connectivity index (χ1v) is 11.8. The zero-order valence-corrected chi connectivity index (χ0v) is 17.9. The Morgan fingerprint density at radius 2 is 1.74 bits per heavy atom. The van der Waals surface area contributed by atoms with E-state index in [1.807, 2.05) is 57.4 Å². The zero-order valence-electron chi connectivity index (χ0n) is 16.3. The molecule has 7 heteroatoms. The number of hydrogen-bond donors (Lipinski definition) is 1. The summed E-state index contributed by atoms with van der Waals surface area (Å²) in [5.74, 6) is -0.344. The number of carbonyl (C=O) groups is 1. The zero-order chi connectivity index (χ0) is 20.2. The topological polar surface area (TPSA) is 66.5 Å². The number of aryl methyl sites for hydroxylation is 2. The Balaban J connectivity index is 2.44. The van der Waals surface area contributed by atoms with Crippen LogP contribution in [-0.4, -0.2) is 32.9 Å². The molecule has 0 aromatic heterocycles. The van der Waals surface area contributed by atoms with Crippen LogP contribution in [0.1, 0.15) is 24.5 Å². The molecule has 0 saturated carbocycles. The highest BCUT2D eigenvalue weighted by molar-refractivity contribution is 7.98. The Morgan fingerprint density at radius 1 is 1.15 bits per heavy atom. The molecule has 0 fully saturated rings. The molecular weight excluding hydrogens is 380 g/mol. The van der Waals surface area contributed by atoms with Crippen LogP contribution < -0.4 is 9.62 Å². The van der Waals surface area contributed by atoms with Gasteiger partial charge in [-0.1, -0.05) is 25.1 Å². The van der Waals surface area contributed by atoms with Crippen molar-refractivity contribution < 1.29 is 13.2 Å². The minimum Gasteiger partial charge on any atom is -0.323 e. The van der Waals surface area contributed by atoms with E-state index in [4.69, 9.17) is 0 Å². The van der Waals surface area contributed by atoms with Crippen LogP contribution in [0.4, 0.5) is 11.4 Å². The maximum Gasteiger partial charge on any atom is 0.248 e. The van der Waals surface area contributed by atoms with Crippen LogP contribution in [0.3, 0.4) is 0 Å². The third-order valence-electron chi connectivity index (χ3n) is 4.16. The fraction of sp³-hybridized carbons (Fsp3) is 0.350. The molecule has 5 nitrogen and oxygen atoms in total. The van der Waals surface area contributed by atoms with Crippen LogP contribution in [0.15, 0.2) is 47.4 Å². The molecule has 0 bridgehead atoms. The molecule has 0 unspecified atom stereocenters. The van der Waals surface area contributed by atoms with Crippen LogP contribution in [0.5, 0.6) is 0 Å². The lowest BCUT2D eigenvalue weighted by Gasteiger charge is -2.30. The van der Waals surface area contributed by atoms with Gasteiger partial charge >= 0.3 is 0 Å². The summed E-state index contributed by atoms with van der Waals surface area (Å²) >= 11 is 1.52. The average molecular weight is 407 g/mol. The van der Waals surface area contributed by atoms with E-state index in [1.165, 1.54) is 16.1 Å². The second-order valence-electron chi connectivity index (χ2n) is 6.52. The van der Waals surface area contributed by atoms with Crippen LogP contribution in [-0.2, 0) is 14.8 Å². The third kappa shape index (κ3) is 5.26. The van der Waals surface area contributed by atoms with E-state index in [0.717, 1.165) is 22.3 Å². The number of amides is 1. The standard InChI is InChI=1S/C20H26N2O3S2/c1-6-18(20(23)21-17-9-7-8-10-19(17)26-4)22(27(5,24)25)16-12-14(2)11-15(3)13-16/h7-13,18H,6H2,1-5H3,(H,21,23)/t18-/m0/s1. The first kappa shape index (κ1) is 21.3. The average Bonchev–Trinajstić information content (AvgIpc) is 2.57. The van der Waals surface area contributed by atoms with Gasteiger partial charge in [-0.25, -0.2) is 8.42 Å². The molecule has 2 rings (SSSR count). The van der Waals surface area contributed by atoms with Gasteiger partial charge in [-0.3, -0.25) is 9.10 Å². The Labute approximate surface area is 166 Å². The summed E-state index contributed by atoms with van der Waals surface area (Å²) in [5.41, 5.74) is 3.08. The Kier molecular flexibility index (Phi) is 6.95. The molecule has 27 heavy (non-hydrogen) atoms. The highest BCUT2D eigenvalue weighted by Gasteiger charge is 2.32. The molecule has 1 N–H and O–H groups in total. The summed E-state index contributed by atoms with van der Waals surface area (Å²) in [4.78, 5) is 13.9. The van der Waals surface area contributed by atoms with Gasteiger partial charge in [-0.2, -0.15) is 0 Å². The summed E-state index contributed by atoms with van der Waals surface area (Å²) in [7, 11) is -3.65. The van der Waals surface area contributed by atoms with Crippen LogP contribution in [0.2, 0.25) is 0 Å². The highest BCUT2D eigenvalue weighted by atomic mass is 32.2. The number of benzene rings is 2. The van der Waals surface area contributed by atoms with Crippen LogP contribution in [0.25, 0.3) is 0 Å². The normalized spacial score (nSPS) is 12.5. The lowest BCUT2D eigenvalue weighted by molar-refractivity contribution is -0.117. The molecule has 1 atom stereocenters. The van der Waals surface area contributed by atoms with E-state index < -0.39 is 16.1 Å². The van der Waals surface area contributed by atoms with E-state index in [1.54, 1.807) is 12.1 Å². The molecule has 0 aliphatic carbocycles. The number of nitrogens with one attached hydrogen (secondary N) is 1. The first-order chi connectivity index (χ1) is 12.7. The fourth-order valence-corrected chi connectivity index (χ4v) is 4.85. The minimum atomic E-state index is -3.65. The summed E-state index contributed by atoms with van der Waals surface area (Å²) in [6.07, 6.45) is 3.42. The van der Waals surface area contributed by atoms with E-state index >= 15 is 0 Å². The highest BCUT2D eigenvalue weighted by Crippen LogP contribution is 2.28. The quantitative estimate of drug-likeness (QED) is 0.700. The number of sulfonamides is 1. The molecule has 146 valence electrons. The molecule has 2 aromatic carbocycles. The van der Waals surface area contributed by atoms with E-state index in [-0.39, 0.29) is 5.91 Å². The van der Waals surface area contributed by atoms with Gasteiger partial charge in [-0.05, 0) is 61.9 Å². The lowest BCUT2D eigenvalue weighted by atomic mass is 10.1. The van der Waals surface area contributed by atoms with Crippen molar-refractivity contribution in [1.29, 1.82) is 0 Å². The number of hydrogen-bond acceptors (Lipinski definition) is 4. The molecular formula is C20H26N2O3S2. The second-order valence-corrected chi connectivity index (χ2v) is 9.23.